The van der Waals surface area contributed by atoms with Crippen molar-refractivity contribution in [1.82, 2.24) is 9.80 Å². The Kier molecular flexibility index (Phi) is 3.89. The lowest BCUT2D eigenvalue weighted by Crippen LogP contribution is -2.39. The average molecular weight is 288 g/mol. The molecule has 0 unspecified atom stereocenters. The summed E-state index contributed by atoms with van der Waals surface area (Å²) in [6.45, 7) is 1.77. The summed E-state index contributed by atoms with van der Waals surface area (Å²) in [5, 5.41) is 9.56. The van der Waals surface area contributed by atoms with E-state index in [0.29, 0.717) is 29.5 Å². The predicted molar refractivity (Wildman–Crippen MR) is 81.8 cm³/mol. The van der Waals surface area contributed by atoms with Crippen molar-refractivity contribution in [3.63, 3.8) is 0 Å². The second-order valence-corrected chi connectivity index (χ2v) is 6.71. The zero-order chi connectivity index (χ0) is 15.0. The normalized spacial score (nSPS) is 29.0. The lowest BCUT2D eigenvalue weighted by atomic mass is 9.88. The molecule has 2 fully saturated rings. The smallest absolute Gasteiger partial charge is 0.222 e. The summed E-state index contributed by atoms with van der Waals surface area (Å²) in [4.78, 5) is 16.1. The van der Waals surface area contributed by atoms with Crippen LogP contribution < -0.4 is 0 Å². The van der Waals surface area contributed by atoms with Gasteiger partial charge in [-0.15, -0.1) is 0 Å². The number of hydrogen-bond donors (Lipinski definition) is 1. The van der Waals surface area contributed by atoms with Crippen LogP contribution in [0, 0.1) is 11.8 Å². The maximum absolute atomic E-state index is 11.8. The third kappa shape index (κ3) is 3.05. The Bertz CT molecular complexity index is 531. The molecular formula is C17H24N2O2. The number of aromatic hydroxyl groups is 1. The number of likely N-dealkylation sites (tertiary alicyclic amines) is 1. The molecule has 2 aliphatic rings. The van der Waals surface area contributed by atoms with E-state index in [0.717, 1.165) is 31.5 Å². The van der Waals surface area contributed by atoms with Crippen molar-refractivity contribution in [2.24, 2.45) is 11.8 Å². The Balaban J connectivity index is 1.62. The van der Waals surface area contributed by atoms with Crippen molar-refractivity contribution in [3.8, 4) is 5.75 Å². The molecule has 3 rings (SSSR count). The number of carbonyl (C=O) groups excluding carboxylic acids is 1. The Morgan fingerprint density at radius 2 is 2.10 bits per heavy atom. The zero-order valence-corrected chi connectivity index (χ0v) is 12.8. The second-order valence-electron chi connectivity index (χ2n) is 6.71. The molecule has 114 valence electrons. The van der Waals surface area contributed by atoms with Gasteiger partial charge in [0.1, 0.15) is 5.75 Å². The van der Waals surface area contributed by atoms with Gasteiger partial charge in [-0.25, -0.2) is 0 Å². The summed E-state index contributed by atoms with van der Waals surface area (Å²) in [7, 11) is 4.07. The fourth-order valence-electron chi connectivity index (χ4n) is 3.92. The first-order valence-corrected chi connectivity index (χ1v) is 7.75. The molecule has 0 spiro atoms. The van der Waals surface area contributed by atoms with Crippen LogP contribution in [0.1, 0.15) is 24.8 Å². The molecule has 1 heterocycles. The first-order chi connectivity index (χ1) is 10.0. The lowest BCUT2D eigenvalue weighted by molar-refractivity contribution is -0.134. The summed E-state index contributed by atoms with van der Waals surface area (Å²) >= 11 is 0. The van der Waals surface area contributed by atoms with Gasteiger partial charge in [-0.2, -0.15) is 0 Å². The summed E-state index contributed by atoms with van der Waals surface area (Å²) in [5.74, 6) is 1.84. The van der Waals surface area contributed by atoms with Crippen molar-refractivity contribution in [2.75, 3.05) is 20.6 Å². The summed E-state index contributed by atoms with van der Waals surface area (Å²) in [6.07, 6.45) is 3.02. The Morgan fingerprint density at radius 1 is 1.33 bits per heavy atom. The molecule has 1 N–H and O–H groups in total. The quantitative estimate of drug-likeness (QED) is 0.926. The van der Waals surface area contributed by atoms with Crippen molar-refractivity contribution in [1.29, 1.82) is 0 Å². The highest BCUT2D eigenvalue weighted by Crippen LogP contribution is 2.40. The standard InChI is InChI=1S/C17H24N2O2/c1-18(10-12-4-3-5-16(20)6-12)15-7-13-9-17(21)19(2)11-14(13)8-15/h3-6,13-15,20H,7-11H2,1-2H3/t13-,14+,15-/m0/s1. The molecule has 1 aromatic rings. The minimum absolute atomic E-state index is 0.299. The van der Waals surface area contributed by atoms with Crippen LogP contribution in [0.4, 0.5) is 0 Å². The largest absolute Gasteiger partial charge is 0.508 e. The van der Waals surface area contributed by atoms with Crippen LogP contribution in [-0.2, 0) is 11.3 Å². The zero-order valence-electron chi connectivity index (χ0n) is 12.8. The maximum atomic E-state index is 11.8. The van der Waals surface area contributed by atoms with Gasteiger partial charge in [-0.1, -0.05) is 12.1 Å². The van der Waals surface area contributed by atoms with Crippen LogP contribution >= 0.6 is 0 Å². The number of piperidine rings is 1. The van der Waals surface area contributed by atoms with Crippen LogP contribution in [-0.4, -0.2) is 47.5 Å². The number of nitrogens with zero attached hydrogens (tertiary/aromatic N) is 2. The molecule has 4 heteroatoms. The van der Waals surface area contributed by atoms with Crippen LogP contribution in [0.25, 0.3) is 0 Å². The molecule has 1 amide bonds. The Morgan fingerprint density at radius 3 is 2.86 bits per heavy atom. The van der Waals surface area contributed by atoms with Crippen LogP contribution in [0.5, 0.6) is 5.75 Å². The van der Waals surface area contributed by atoms with E-state index < -0.39 is 0 Å². The lowest BCUT2D eigenvalue weighted by Gasteiger charge is -2.31. The molecule has 0 bridgehead atoms. The van der Waals surface area contributed by atoms with Gasteiger partial charge in [0.25, 0.3) is 0 Å². The third-order valence-corrected chi connectivity index (χ3v) is 5.15. The molecule has 1 aliphatic carbocycles. The number of phenols is 1. The molecule has 3 atom stereocenters. The molecular weight excluding hydrogens is 264 g/mol. The monoisotopic (exact) mass is 288 g/mol. The van der Waals surface area contributed by atoms with E-state index in [9.17, 15) is 9.90 Å². The number of phenolic OH excluding ortho intramolecular Hbond substituents is 1. The van der Waals surface area contributed by atoms with Gasteiger partial charge < -0.3 is 10.0 Å². The van der Waals surface area contributed by atoms with Gasteiger partial charge in [0.05, 0.1) is 0 Å². The van der Waals surface area contributed by atoms with Crippen LogP contribution in [0.3, 0.4) is 0 Å². The van der Waals surface area contributed by atoms with Gasteiger partial charge >= 0.3 is 0 Å². The minimum Gasteiger partial charge on any atom is -0.508 e. The summed E-state index contributed by atoms with van der Waals surface area (Å²) in [6, 6.07) is 8.02. The van der Waals surface area contributed by atoms with Crippen molar-refractivity contribution >= 4 is 5.91 Å². The second kappa shape index (κ2) is 5.68. The Hall–Kier alpha value is -1.55. The summed E-state index contributed by atoms with van der Waals surface area (Å²) < 4.78 is 0. The van der Waals surface area contributed by atoms with Gasteiger partial charge in [0.15, 0.2) is 0 Å². The fourth-order valence-corrected chi connectivity index (χ4v) is 3.92. The highest BCUT2D eigenvalue weighted by atomic mass is 16.3. The van der Waals surface area contributed by atoms with E-state index in [4.69, 9.17) is 0 Å². The van der Waals surface area contributed by atoms with Gasteiger partial charge in [-0.3, -0.25) is 9.69 Å². The topological polar surface area (TPSA) is 43.8 Å². The van der Waals surface area contributed by atoms with E-state index in [1.165, 1.54) is 6.42 Å². The number of rotatable bonds is 3. The van der Waals surface area contributed by atoms with Gasteiger partial charge in [0.2, 0.25) is 5.91 Å². The molecule has 4 nitrogen and oxygen atoms in total. The highest BCUT2D eigenvalue weighted by Gasteiger charge is 2.41. The third-order valence-electron chi connectivity index (χ3n) is 5.15. The molecule has 0 radical (unpaired) electrons. The fraction of sp³-hybridized carbons (Fsp3) is 0.588. The van der Waals surface area contributed by atoms with E-state index in [1.54, 1.807) is 6.07 Å². The van der Waals surface area contributed by atoms with Crippen LogP contribution in [0.2, 0.25) is 0 Å². The Labute approximate surface area is 126 Å². The number of carbonyl (C=O) groups is 1. The first-order valence-electron chi connectivity index (χ1n) is 7.75. The highest BCUT2D eigenvalue weighted by molar-refractivity contribution is 5.77. The number of benzene rings is 1. The van der Waals surface area contributed by atoms with Gasteiger partial charge in [0, 0.05) is 32.6 Å². The molecule has 21 heavy (non-hydrogen) atoms. The predicted octanol–water partition coefficient (Wildman–Crippen LogP) is 2.08. The number of hydrogen-bond acceptors (Lipinski definition) is 3. The van der Waals surface area contributed by atoms with E-state index >= 15 is 0 Å². The van der Waals surface area contributed by atoms with Crippen LogP contribution in [0.15, 0.2) is 24.3 Å². The van der Waals surface area contributed by atoms with Gasteiger partial charge in [-0.05, 0) is 49.4 Å². The molecule has 1 aliphatic heterocycles. The first kappa shape index (κ1) is 14.4. The molecule has 1 saturated heterocycles. The number of amides is 1. The van der Waals surface area contributed by atoms with E-state index in [1.807, 2.05) is 24.1 Å². The van der Waals surface area contributed by atoms with Crippen molar-refractivity contribution in [3.05, 3.63) is 29.8 Å². The molecule has 0 aromatic heterocycles. The summed E-state index contributed by atoms with van der Waals surface area (Å²) in [5.41, 5.74) is 1.14. The average Bonchev–Trinajstić information content (AvgIpc) is 2.82. The molecule has 1 aromatic carbocycles. The number of fused-ring (bicyclic) bond motifs is 1. The molecule has 1 saturated carbocycles. The van der Waals surface area contributed by atoms with E-state index in [2.05, 4.69) is 18.0 Å². The van der Waals surface area contributed by atoms with Crippen molar-refractivity contribution < 1.29 is 9.90 Å². The SMILES string of the molecule is CN1C[C@H]2C[C@@H](N(C)Cc3cccc(O)c3)C[C@H]2CC1=O. The minimum atomic E-state index is 0.299. The van der Waals surface area contributed by atoms with Crippen molar-refractivity contribution in [2.45, 2.75) is 31.8 Å². The maximum Gasteiger partial charge on any atom is 0.222 e. The van der Waals surface area contributed by atoms with E-state index in [-0.39, 0.29) is 0 Å².